The van der Waals surface area contributed by atoms with Gasteiger partial charge < -0.3 is 14.7 Å². The minimum atomic E-state index is -0.182. The van der Waals surface area contributed by atoms with Gasteiger partial charge >= 0.3 is 0 Å². The molecule has 330 valence electrons. The van der Waals surface area contributed by atoms with E-state index in [-0.39, 0.29) is 39.5 Å². The summed E-state index contributed by atoms with van der Waals surface area (Å²) >= 11 is 0. The number of fused-ring (bicyclic) bond motifs is 10. The maximum absolute atomic E-state index is 2.96. The second-order valence-electron chi connectivity index (χ2n) is 23.9. The molecule has 2 fully saturated rings. The molecule has 4 aliphatic heterocycles. The van der Waals surface area contributed by atoms with Gasteiger partial charge in [-0.3, -0.25) is 0 Å². The molecule has 3 nitrogen and oxygen atoms in total. The van der Waals surface area contributed by atoms with E-state index in [2.05, 4.69) is 206 Å². The van der Waals surface area contributed by atoms with E-state index in [1.807, 2.05) is 0 Å². The molecule has 6 aromatic rings. The fourth-order valence-electron chi connectivity index (χ4n) is 15.1. The molecule has 6 aromatic carbocycles. The summed E-state index contributed by atoms with van der Waals surface area (Å²) in [5, 5.41) is 0. The molecule has 2 saturated carbocycles. The second-order valence-corrected chi connectivity index (χ2v) is 23.9. The van der Waals surface area contributed by atoms with Crippen molar-refractivity contribution in [2.45, 2.75) is 160 Å². The fourth-order valence-corrected chi connectivity index (χ4v) is 15.1. The van der Waals surface area contributed by atoms with Gasteiger partial charge in [-0.25, -0.2) is 0 Å². The molecular weight excluding hydrogens is 786 g/mol. The van der Waals surface area contributed by atoms with E-state index >= 15 is 0 Å². The molecule has 4 atom stereocenters. The zero-order valence-corrected chi connectivity index (χ0v) is 41.0. The topological polar surface area (TPSA) is 9.72 Å². The highest BCUT2D eigenvalue weighted by Crippen LogP contribution is 2.66. The maximum Gasteiger partial charge on any atom is 0.252 e. The van der Waals surface area contributed by atoms with E-state index in [1.165, 1.54) is 128 Å². The number of aryl methyl sites for hydroxylation is 2. The molecule has 0 saturated heterocycles. The van der Waals surface area contributed by atoms with Crippen LogP contribution in [0.1, 0.15) is 153 Å². The third-order valence-electron chi connectivity index (χ3n) is 18.4. The van der Waals surface area contributed by atoms with Crippen molar-refractivity contribution in [2.24, 2.45) is 0 Å². The number of hydrogen-bond donors (Lipinski definition) is 0. The Labute approximate surface area is 390 Å². The first-order chi connectivity index (χ1) is 30.9. The molecule has 4 heteroatoms. The van der Waals surface area contributed by atoms with E-state index in [1.54, 1.807) is 5.56 Å². The first-order valence-corrected chi connectivity index (χ1v) is 25.1. The normalized spacial score (nSPS) is 26.0. The zero-order chi connectivity index (χ0) is 45.2. The van der Waals surface area contributed by atoms with E-state index < -0.39 is 0 Å². The highest BCUT2D eigenvalue weighted by atomic mass is 15.3. The number of benzene rings is 6. The van der Waals surface area contributed by atoms with Gasteiger partial charge in [0, 0.05) is 50.6 Å². The number of rotatable bonds is 3. The first kappa shape index (κ1) is 41.2. The Morgan fingerprint density at radius 2 is 1.17 bits per heavy atom. The van der Waals surface area contributed by atoms with Gasteiger partial charge in [0.15, 0.2) is 0 Å². The van der Waals surface area contributed by atoms with Crippen LogP contribution in [0, 0.1) is 13.8 Å². The van der Waals surface area contributed by atoms with Crippen molar-refractivity contribution in [3.8, 4) is 0 Å². The molecule has 0 amide bonds. The van der Waals surface area contributed by atoms with Crippen molar-refractivity contribution in [3.63, 3.8) is 0 Å². The molecule has 0 spiro atoms. The average Bonchev–Trinajstić information content (AvgIpc) is 3.65. The summed E-state index contributed by atoms with van der Waals surface area (Å²) in [7, 11) is 0. The van der Waals surface area contributed by atoms with Crippen molar-refractivity contribution in [3.05, 3.63) is 154 Å². The first-order valence-electron chi connectivity index (χ1n) is 25.1. The Bertz CT molecular complexity index is 2970. The minimum Gasteiger partial charge on any atom is -0.335 e. The van der Waals surface area contributed by atoms with Gasteiger partial charge in [-0.2, -0.15) is 0 Å². The van der Waals surface area contributed by atoms with Gasteiger partial charge in [0.05, 0.1) is 11.1 Å². The third kappa shape index (κ3) is 5.21. The smallest absolute Gasteiger partial charge is 0.252 e. The SMILES string of the molecule is Cc1cc(C)c2c3c1B1c4ccc(C(C)(C)C)cc4N(c4cccc(C(C)(C)C)c4)c4cc(N5c6ccccc6C6(c7ccccc7)CCCCC56C)cc(c41)N3C1(C)CCCCC21C. The summed E-state index contributed by atoms with van der Waals surface area (Å²) in [6, 6.07) is 46.1. The van der Waals surface area contributed by atoms with E-state index in [4.69, 9.17) is 0 Å². The monoisotopic (exact) mass is 854 g/mol. The van der Waals surface area contributed by atoms with Crippen molar-refractivity contribution in [2.75, 3.05) is 14.7 Å². The molecule has 0 N–H and O–H groups in total. The molecule has 0 aromatic heterocycles. The molecule has 4 unspecified atom stereocenters. The van der Waals surface area contributed by atoms with E-state index in [0.717, 1.165) is 12.8 Å². The van der Waals surface area contributed by atoms with Crippen molar-refractivity contribution >= 4 is 62.9 Å². The average molecular weight is 854 g/mol. The van der Waals surface area contributed by atoms with Gasteiger partial charge in [0.1, 0.15) is 0 Å². The lowest BCUT2D eigenvalue weighted by Gasteiger charge is -2.54. The van der Waals surface area contributed by atoms with Crippen LogP contribution in [-0.2, 0) is 21.7 Å². The van der Waals surface area contributed by atoms with Crippen LogP contribution in [-0.4, -0.2) is 17.8 Å². The third-order valence-corrected chi connectivity index (χ3v) is 18.4. The highest BCUT2D eigenvalue weighted by molar-refractivity contribution is 7.00. The Hall–Kier alpha value is -5.22. The number of para-hydroxylation sites is 1. The largest absolute Gasteiger partial charge is 0.335 e. The number of nitrogens with zero attached hydrogens (tertiary/aromatic N) is 3. The van der Waals surface area contributed by atoms with Crippen LogP contribution in [0.25, 0.3) is 0 Å². The maximum atomic E-state index is 2.96. The second kappa shape index (κ2) is 13.5. The van der Waals surface area contributed by atoms with E-state index in [9.17, 15) is 0 Å². The standard InChI is InChI=1S/C61H68BN3/c1-39-34-40(2)53-55-52(39)58(9)30-17-18-31-59(58,10)65(55)51-38-45(64-48-27-16-15-26-46(48)61(41-22-13-12-14-23-41)33-20-19-32-60(61,64)11)37-50-54(51)62(53)47-29-28-43(57(6,7)8)36-49(47)63(50)44-25-21-24-42(35-44)56(3,4)5/h12-16,21-29,34-38H,17-20,30-33H2,1-11H3. The molecule has 4 heterocycles. The predicted molar refractivity (Wildman–Crippen MR) is 278 cm³/mol. The summed E-state index contributed by atoms with van der Waals surface area (Å²) in [6.07, 6.45) is 9.68. The van der Waals surface area contributed by atoms with Crippen LogP contribution in [0.5, 0.6) is 0 Å². The Morgan fingerprint density at radius 3 is 1.92 bits per heavy atom. The molecular formula is C61H68BN3. The Balaban J connectivity index is 1.23. The highest BCUT2D eigenvalue weighted by Gasteiger charge is 2.64. The van der Waals surface area contributed by atoms with Gasteiger partial charge in [0.25, 0.3) is 6.71 Å². The van der Waals surface area contributed by atoms with Gasteiger partial charge in [0.2, 0.25) is 0 Å². The zero-order valence-electron chi connectivity index (χ0n) is 41.0. The van der Waals surface area contributed by atoms with Crippen LogP contribution in [0.3, 0.4) is 0 Å². The van der Waals surface area contributed by atoms with Crippen LogP contribution in [0.4, 0.5) is 39.8 Å². The predicted octanol–water partition coefficient (Wildman–Crippen LogP) is 14.0. The summed E-state index contributed by atoms with van der Waals surface area (Å²) in [5.41, 5.74) is 23.8. The summed E-state index contributed by atoms with van der Waals surface area (Å²) in [6.45, 7) is 27.1. The van der Waals surface area contributed by atoms with Gasteiger partial charge in [-0.05, 0) is 150 Å². The lowest BCUT2D eigenvalue weighted by molar-refractivity contribution is 0.194. The summed E-state index contributed by atoms with van der Waals surface area (Å²) in [5.74, 6) is 0. The molecule has 6 aliphatic rings. The van der Waals surface area contributed by atoms with Gasteiger partial charge in [-0.1, -0.05) is 159 Å². The molecule has 2 aliphatic carbocycles. The van der Waals surface area contributed by atoms with Crippen LogP contribution >= 0.6 is 0 Å². The van der Waals surface area contributed by atoms with Crippen molar-refractivity contribution in [1.29, 1.82) is 0 Å². The van der Waals surface area contributed by atoms with Crippen LogP contribution < -0.4 is 31.1 Å². The molecule has 65 heavy (non-hydrogen) atoms. The van der Waals surface area contributed by atoms with Crippen LogP contribution in [0.2, 0.25) is 0 Å². The summed E-state index contributed by atoms with van der Waals surface area (Å²) < 4.78 is 0. The molecule has 0 radical (unpaired) electrons. The lowest BCUT2D eigenvalue weighted by Crippen LogP contribution is -2.65. The quantitative estimate of drug-likeness (QED) is 0.164. The minimum absolute atomic E-state index is 0.00119. The fraction of sp³-hybridized carbons (Fsp3) is 0.410. The number of hydrogen-bond acceptors (Lipinski definition) is 3. The number of anilines is 7. The van der Waals surface area contributed by atoms with E-state index in [0.29, 0.717) is 0 Å². The Kier molecular flexibility index (Phi) is 8.53. The van der Waals surface area contributed by atoms with Crippen molar-refractivity contribution < 1.29 is 0 Å². The molecule has 12 rings (SSSR count). The Morgan fingerprint density at radius 1 is 0.508 bits per heavy atom. The van der Waals surface area contributed by atoms with Crippen LogP contribution in [0.15, 0.2) is 115 Å². The molecule has 0 bridgehead atoms. The lowest BCUT2D eigenvalue weighted by atomic mass is 9.32. The van der Waals surface area contributed by atoms with Gasteiger partial charge in [-0.15, -0.1) is 0 Å². The summed E-state index contributed by atoms with van der Waals surface area (Å²) in [4.78, 5) is 8.53. The van der Waals surface area contributed by atoms with Crippen molar-refractivity contribution in [1.82, 2.24) is 0 Å².